The lowest BCUT2D eigenvalue weighted by Crippen LogP contribution is -2.10. The quantitative estimate of drug-likeness (QED) is 0.738. The van der Waals surface area contributed by atoms with Crippen molar-refractivity contribution < 1.29 is 9.53 Å². The summed E-state index contributed by atoms with van der Waals surface area (Å²) in [5, 5.41) is 4.14. The van der Waals surface area contributed by atoms with Crippen LogP contribution in [0, 0.1) is 5.41 Å². The number of nitrogens with zero attached hydrogens (tertiary/aromatic N) is 2. The second-order valence-corrected chi connectivity index (χ2v) is 5.02. The minimum absolute atomic E-state index is 0.274. The molecule has 4 nitrogen and oxygen atoms in total. The Balaban J connectivity index is 2.55. The van der Waals surface area contributed by atoms with Gasteiger partial charge in [0.05, 0.1) is 18.4 Å². The molecule has 0 saturated carbocycles. The van der Waals surface area contributed by atoms with E-state index in [0.717, 1.165) is 13.0 Å². The van der Waals surface area contributed by atoms with Crippen LogP contribution in [0.15, 0.2) is 12.4 Å². The van der Waals surface area contributed by atoms with Crippen molar-refractivity contribution in [1.29, 1.82) is 0 Å². The minimum Gasteiger partial charge on any atom is -0.462 e. The van der Waals surface area contributed by atoms with Crippen molar-refractivity contribution in [2.24, 2.45) is 5.41 Å². The minimum atomic E-state index is -0.301. The lowest BCUT2D eigenvalue weighted by molar-refractivity contribution is 0.0526. The first-order chi connectivity index (χ1) is 7.42. The van der Waals surface area contributed by atoms with Crippen molar-refractivity contribution >= 4 is 5.97 Å². The second kappa shape index (κ2) is 5.14. The van der Waals surface area contributed by atoms with E-state index >= 15 is 0 Å². The molecule has 0 bridgehead atoms. The van der Waals surface area contributed by atoms with Gasteiger partial charge in [-0.1, -0.05) is 20.8 Å². The molecule has 0 amide bonds. The van der Waals surface area contributed by atoms with Crippen LogP contribution in [0.25, 0.3) is 0 Å². The largest absolute Gasteiger partial charge is 0.462 e. The predicted molar refractivity (Wildman–Crippen MR) is 62.3 cm³/mol. The summed E-state index contributed by atoms with van der Waals surface area (Å²) in [6, 6.07) is 0. The number of esters is 1. The Bertz CT molecular complexity index is 350. The highest BCUT2D eigenvalue weighted by Gasteiger charge is 2.12. The van der Waals surface area contributed by atoms with Crippen LogP contribution in [0.1, 0.15) is 44.5 Å². The smallest absolute Gasteiger partial charge is 0.341 e. The van der Waals surface area contributed by atoms with Crippen molar-refractivity contribution in [3.05, 3.63) is 18.0 Å². The molecule has 90 valence electrons. The lowest BCUT2D eigenvalue weighted by atomic mass is 9.92. The van der Waals surface area contributed by atoms with E-state index in [4.69, 9.17) is 4.74 Å². The molecule has 0 aliphatic heterocycles. The number of carbonyl (C=O) groups excluding carboxylic acids is 1. The maximum Gasteiger partial charge on any atom is 0.341 e. The van der Waals surface area contributed by atoms with Gasteiger partial charge in [0.2, 0.25) is 0 Å². The molecular formula is C12H20N2O2. The Labute approximate surface area is 96.6 Å². The van der Waals surface area contributed by atoms with Gasteiger partial charge in [-0.3, -0.25) is 4.68 Å². The molecule has 1 aromatic rings. The Kier molecular flexibility index (Phi) is 4.10. The molecule has 4 heteroatoms. The standard InChI is InChI=1S/C12H20N2O2/c1-5-16-11(15)10-8-13-14(9-10)7-6-12(2,3)4/h8-9H,5-7H2,1-4H3. The van der Waals surface area contributed by atoms with Crippen LogP contribution in [-0.2, 0) is 11.3 Å². The topological polar surface area (TPSA) is 44.1 Å². The highest BCUT2D eigenvalue weighted by molar-refractivity contribution is 5.88. The summed E-state index contributed by atoms with van der Waals surface area (Å²) >= 11 is 0. The number of carbonyl (C=O) groups is 1. The summed E-state index contributed by atoms with van der Waals surface area (Å²) in [5.74, 6) is -0.301. The molecule has 1 aromatic heterocycles. The highest BCUT2D eigenvalue weighted by Crippen LogP contribution is 2.19. The highest BCUT2D eigenvalue weighted by atomic mass is 16.5. The monoisotopic (exact) mass is 224 g/mol. The fourth-order valence-electron chi connectivity index (χ4n) is 1.26. The van der Waals surface area contributed by atoms with Gasteiger partial charge in [0.1, 0.15) is 0 Å². The van der Waals surface area contributed by atoms with E-state index in [1.807, 2.05) is 0 Å². The molecule has 16 heavy (non-hydrogen) atoms. The van der Waals surface area contributed by atoms with Crippen LogP contribution in [0.5, 0.6) is 0 Å². The molecule has 0 N–H and O–H groups in total. The Morgan fingerprint density at radius 1 is 1.50 bits per heavy atom. The van der Waals surface area contributed by atoms with Crippen LogP contribution >= 0.6 is 0 Å². The van der Waals surface area contributed by atoms with Gasteiger partial charge in [0, 0.05) is 12.7 Å². The van der Waals surface area contributed by atoms with Gasteiger partial charge in [-0.15, -0.1) is 0 Å². The molecule has 0 radical (unpaired) electrons. The van der Waals surface area contributed by atoms with Gasteiger partial charge in [-0.25, -0.2) is 4.79 Å². The first-order valence-corrected chi connectivity index (χ1v) is 5.62. The molecule has 0 aliphatic carbocycles. The molecular weight excluding hydrogens is 204 g/mol. The maximum absolute atomic E-state index is 11.4. The Morgan fingerprint density at radius 3 is 2.75 bits per heavy atom. The van der Waals surface area contributed by atoms with Gasteiger partial charge < -0.3 is 4.74 Å². The average molecular weight is 224 g/mol. The third-order valence-corrected chi connectivity index (χ3v) is 2.24. The number of aromatic nitrogens is 2. The van der Waals surface area contributed by atoms with E-state index in [-0.39, 0.29) is 11.4 Å². The van der Waals surface area contributed by atoms with Crippen molar-refractivity contribution in [1.82, 2.24) is 9.78 Å². The van der Waals surface area contributed by atoms with Crippen molar-refractivity contribution in [2.45, 2.75) is 40.7 Å². The summed E-state index contributed by atoms with van der Waals surface area (Å²) in [4.78, 5) is 11.4. The van der Waals surface area contributed by atoms with Gasteiger partial charge in [-0.05, 0) is 18.8 Å². The van der Waals surface area contributed by atoms with E-state index in [0.29, 0.717) is 12.2 Å². The van der Waals surface area contributed by atoms with Crippen LogP contribution in [0.2, 0.25) is 0 Å². The third-order valence-electron chi connectivity index (χ3n) is 2.24. The van der Waals surface area contributed by atoms with Gasteiger partial charge in [0.25, 0.3) is 0 Å². The van der Waals surface area contributed by atoms with Crippen LogP contribution in [0.4, 0.5) is 0 Å². The summed E-state index contributed by atoms with van der Waals surface area (Å²) < 4.78 is 6.68. The molecule has 0 saturated heterocycles. The Morgan fingerprint density at radius 2 is 2.19 bits per heavy atom. The van der Waals surface area contributed by atoms with Crippen molar-refractivity contribution in [3.63, 3.8) is 0 Å². The number of hydrogen-bond donors (Lipinski definition) is 0. The number of ether oxygens (including phenoxy) is 1. The molecule has 0 atom stereocenters. The van der Waals surface area contributed by atoms with Crippen LogP contribution < -0.4 is 0 Å². The first kappa shape index (κ1) is 12.7. The fraction of sp³-hybridized carbons (Fsp3) is 0.667. The molecule has 1 heterocycles. The van der Waals surface area contributed by atoms with Crippen LogP contribution in [0.3, 0.4) is 0 Å². The SMILES string of the molecule is CCOC(=O)c1cnn(CCC(C)(C)C)c1. The molecule has 0 unspecified atom stereocenters. The van der Waals surface area contributed by atoms with E-state index in [1.165, 1.54) is 0 Å². The number of hydrogen-bond acceptors (Lipinski definition) is 3. The molecule has 0 fully saturated rings. The fourth-order valence-corrected chi connectivity index (χ4v) is 1.26. The zero-order valence-electron chi connectivity index (χ0n) is 10.5. The second-order valence-electron chi connectivity index (χ2n) is 5.02. The normalized spacial score (nSPS) is 11.5. The molecule has 0 aromatic carbocycles. The zero-order valence-corrected chi connectivity index (χ0v) is 10.5. The molecule has 1 rings (SSSR count). The summed E-state index contributed by atoms with van der Waals surface area (Å²) in [7, 11) is 0. The van der Waals surface area contributed by atoms with E-state index in [1.54, 1.807) is 24.0 Å². The van der Waals surface area contributed by atoms with Crippen molar-refractivity contribution in [2.75, 3.05) is 6.61 Å². The van der Waals surface area contributed by atoms with E-state index < -0.39 is 0 Å². The third kappa shape index (κ3) is 4.04. The zero-order chi connectivity index (χ0) is 12.2. The van der Waals surface area contributed by atoms with Crippen LogP contribution in [-0.4, -0.2) is 22.4 Å². The maximum atomic E-state index is 11.4. The summed E-state index contributed by atoms with van der Waals surface area (Å²) in [6.45, 7) is 9.56. The van der Waals surface area contributed by atoms with Crippen molar-refractivity contribution in [3.8, 4) is 0 Å². The summed E-state index contributed by atoms with van der Waals surface area (Å²) in [6.07, 6.45) is 4.32. The lowest BCUT2D eigenvalue weighted by Gasteiger charge is -2.17. The number of rotatable bonds is 4. The van der Waals surface area contributed by atoms with E-state index in [2.05, 4.69) is 25.9 Å². The Hall–Kier alpha value is -1.32. The summed E-state index contributed by atoms with van der Waals surface area (Å²) in [5.41, 5.74) is 0.798. The number of aryl methyl sites for hydroxylation is 1. The first-order valence-electron chi connectivity index (χ1n) is 5.62. The van der Waals surface area contributed by atoms with Gasteiger partial charge in [-0.2, -0.15) is 5.10 Å². The van der Waals surface area contributed by atoms with E-state index in [9.17, 15) is 4.79 Å². The molecule has 0 aliphatic rings. The predicted octanol–water partition coefficient (Wildman–Crippen LogP) is 2.50. The molecule has 0 spiro atoms. The van der Waals surface area contributed by atoms with Gasteiger partial charge >= 0.3 is 5.97 Å². The van der Waals surface area contributed by atoms with Gasteiger partial charge in [0.15, 0.2) is 0 Å². The average Bonchev–Trinajstić information content (AvgIpc) is 2.62.